The number of pyridine rings is 1. The molecule has 4 heterocycles. The van der Waals surface area contributed by atoms with Gasteiger partial charge in [0.15, 0.2) is 5.76 Å². The standard InChI is InChI=1S/C12H7ClN4O2S/c1-18-12-16-17-7(5-15-11(17)20-12)9-4-6-8(19-9)2-3-14-10(6)13/h2-5H,1H3. The van der Waals surface area contributed by atoms with Crippen molar-refractivity contribution in [3.05, 3.63) is 29.7 Å². The molecule has 100 valence electrons. The van der Waals surface area contributed by atoms with Crippen LogP contribution in [0.4, 0.5) is 0 Å². The van der Waals surface area contributed by atoms with E-state index in [1.54, 1.807) is 30.1 Å². The summed E-state index contributed by atoms with van der Waals surface area (Å²) in [7, 11) is 1.57. The molecule has 0 aliphatic rings. The summed E-state index contributed by atoms with van der Waals surface area (Å²) < 4.78 is 12.6. The van der Waals surface area contributed by atoms with E-state index in [2.05, 4.69) is 15.1 Å². The van der Waals surface area contributed by atoms with Gasteiger partial charge in [0.2, 0.25) is 4.96 Å². The molecule has 0 amide bonds. The van der Waals surface area contributed by atoms with Crippen molar-refractivity contribution >= 4 is 38.9 Å². The lowest BCUT2D eigenvalue weighted by Crippen LogP contribution is -1.88. The SMILES string of the molecule is COc1nn2c(-c3cc4c(Cl)nccc4o3)cnc2s1. The third kappa shape index (κ3) is 1.60. The van der Waals surface area contributed by atoms with Crippen molar-refractivity contribution < 1.29 is 9.15 Å². The lowest BCUT2D eigenvalue weighted by molar-refractivity contribution is 0.405. The van der Waals surface area contributed by atoms with Crippen LogP contribution < -0.4 is 4.74 Å². The molecule has 4 rings (SSSR count). The van der Waals surface area contributed by atoms with Gasteiger partial charge >= 0.3 is 0 Å². The summed E-state index contributed by atoms with van der Waals surface area (Å²) in [5.41, 5.74) is 1.42. The van der Waals surface area contributed by atoms with Crippen molar-refractivity contribution in [1.29, 1.82) is 0 Å². The van der Waals surface area contributed by atoms with E-state index in [0.29, 0.717) is 21.7 Å². The fraction of sp³-hybridized carbons (Fsp3) is 0.0833. The molecule has 0 spiro atoms. The molecule has 0 aromatic carbocycles. The predicted octanol–water partition coefficient (Wildman–Crippen LogP) is 3.26. The quantitative estimate of drug-likeness (QED) is 0.532. The largest absolute Gasteiger partial charge is 0.472 e. The number of rotatable bonds is 2. The number of methoxy groups -OCH3 is 1. The highest BCUT2D eigenvalue weighted by molar-refractivity contribution is 7.18. The maximum Gasteiger partial charge on any atom is 0.294 e. The second kappa shape index (κ2) is 4.19. The van der Waals surface area contributed by atoms with Crippen molar-refractivity contribution in [2.24, 2.45) is 0 Å². The fourth-order valence-electron chi connectivity index (χ4n) is 1.98. The van der Waals surface area contributed by atoms with E-state index in [0.717, 1.165) is 16.0 Å². The average molecular weight is 307 g/mol. The summed E-state index contributed by atoms with van der Waals surface area (Å²) in [5, 5.41) is 6.02. The Morgan fingerprint density at radius 2 is 2.30 bits per heavy atom. The summed E-state index contributed by atoms with van der Waals surface area (Å²) >= 11 is 7.41. The van der Waals surface area contributed by atoms with E-state index in [1.807, 2.05) is 6.07 Å². The van der Waals surface area contributed by atoms with Crippen molar-refractivity contribution in [2.75, 3.05) is 7.11 Å². The van der Waals surface area contributed by atoms with Crippen molar-refractivity contribution in [2.45, 2.75) is 0 Å². The molecule has 0 saturated heterocycles. The first-order valence-corrected chi connectivity index (χ1v) is 6.88. The number of nitrogens with zero attached hydrogens (tertiary/aromatic N) is 4. The van der Waals surface area contributed by atoms with Gasteiger partial charge in [0.25, 0.3) is 5.19 Å². The van der Waals surface area contributed by atoms with Crippen LogP contribution in [0.1, 0.15) is 0 Å². The average Bonchev–Trinajstić information content (AvgIpc) is 3.10. The number of imidazole rings is 1. The van der Waals surface area contributed by atoms with E-state index >= 15 is 0 Å². The molecule has 8 heteroatoms. The van der Waals surface area contributed by atoms with Gasteiger partial charge < -0.3 is 9.15 Å². The zero-order chi connectivity index (χ0) is 13.7. The van der Waals surface area contributed by atoms with Gasteiger partial charge in [0.1, 0.15) is 16.4 Å². The zero-order valence-electron chi connectivity index (χ0n) is 10.2. The van der Waals surface area contributed by atoms with Gasteiger partial charge in [-0.1, -0.05) is 11.6 Å². The molecular weight excluding hydrogens is 300 g/mol. The van der Waals surface area contributed by atoms with Crippen LogP contribution in [0.15, 0.2) is 28.9 Å². The first-order chi connectivity index (χ1) is 9.76. The molecule has 4 aromatic heterocycles. The zero-order valence-corrected chi connectivity index (χ0v) is 11.8. The number of furan rings is 1. The van der Waals surface area contributed by atoms with Gasteiger partial charge in [-0.25, -0.2) is 9.97 Å². The van der Waals surface area contributed by atoms with E-state index < -0.39 is 0 Å². The molecular formula is C12H7ClN4O2S. The minimum absolute atomic E-state index is 0.411. The van der Waals surface area contributed by atoms with Crippen LogP contribution in [0.5, 0.6) is 5.19 Å². The minimum atomic E-state index is 0.411. The number of fused-ring (bicyclic) bond motifs is 2. The number of hydrogen-bond donors (Lipinski definition) is 0. The Morgan fingerprint density at radius 1 is 1.40 bits per heavy atom. The molecule has 0 saturated carbocycles. The van der Waals surface area contributed by atoms with Crippen LogP contribution in [0.3, 0.4) is 0 Å². The highest BCUT2D eigenvalue weighted by Gasteiger charge is 2.16. The number of halogens is 1. The number of aromatic nitrogens is 4. The first kappa shape index (κ1) is 11.7. The third-order valence-electron chi connectivity index (χ3n) is 2.89. The molecule has 0 atom stereocenters. The fourth-order valence-corrected chi connectivity index (χ4v) is 2.88. The van der Waals surface area contributed by atoms with Gasteiger partial charge in [-0.3, -0.25) is 0 Å². The maximum absolute atomic E-state index is 6.05. The summed E-state index contributed by atoms with van der Waals surface area (Å²) in [6.07, 6.45) is 3.31. The molecule has 0 unspecified atom stereocenters. The van der Waals surface area contributed by atoms with Crippen LogP contribution in [-0.2, 0) is 0 Å². The van der Waals surface area contributed by atoms with Crippen LogP contribution in [0.25, 0.3) is 27.4 Å². The maximum atomic E-state index is 6.05. The Balaban J connectivity index is 1.96. The molecule has 0 bridgehead atoms. The summed E-state index contributed by atoms with van der Waals surface area (Å²) in [6.45, 7) is 0. The van der Waals surface area contributed by atoms with Gasteiger partial charge in [-0.05, 0) is 23.5 Å². The normalized spacial score (nSPS) is 11.5. The van der Waals surface area contributed by atoms with Crippen LogP contribution in [0, 0.1) is 0 Å². The lowest BCUT2D eigenvalue weighted by atomic mass is 10.3. The molecule has 0 aliphatic heterocycles. The Labute approximate surface area is 121 Å². The smallest absolute Gasteiger partial charge is 0.294 e. The summed E-state index contributed by atoms with van der Waals surface area (Å²) in [5.74, 6) is 0.635. The third-order valence-corrected chi connectivity index (χ3v) is 4.08. The predicted molar refractivity (Wildman–Crippen MR) is 75.4 cm³/mol. The topological polar surface area (TPSA) is 65.5 Å². The van der Waals surface area contributed by atoms with Gasteiger partial charge in [0.05, 0.1) is 18.7 Å². The molecule has 6 nitrogen and oxygen atoms in total. The Hall–Kier alpha value is -2.12. The summed E-state index contributed by atoms with van der Waals surface area (Å²) in [4.78, 5) is 9.06. The molecule has 0 radical (unpaired) electrons. The Morgan fingerprint density at radius 3 is 3.10 bits per heavy atom. The molecule has 0 N–H and O–H groups in total. The lowest BCUT2D eigenvalue weighted by Gasteiger charge is -1.92. The van der Waals surface area contributed by atoms with E-state index in [1.165, 1.54) is 11.3 Å². The molecule has 0 fully saturated rings. The van der Waals surface area contributed by atoms with E-state index in [-0.39, 0.29) is 0 Å². The van der Waals surface area contributed by atoms with Crippen LogP contribution in [0.2, 0.25) is 5.15 Å². The first-order valence-electron chi connectivity index (χ1n) is 5.69. The van der Waals surface area contributed by atoms with Crippen LogP contribution >= 0.6 is 22.9 Å². The second-order valence-corrected chi connectivity index (χ2v) is 5.31. The number of ether oxygens (including phenoxy) is 1. The van der Waals surface area contributed by atoms with E-state index in [9.17, 15) is 0 Å². The Kier molecular flexibility index (Phi) is 2.45. The molecule has 20 heavy (non-hydrogen) atoms. The second-order valence-electron chi connectivity index (χ2n) is 4.03. The number of hydrogen-bond acceptors (Lipinski definition) is 6. The molecule has 0 aliphatic carbocycles. The highest BCUT2D eigenvalue weighted by Crippen LogP contribution is 2.32. The van der Waals surface area contributed by atoms with Crippen LogP contribution in [-0.4, -0.2) is 26.7 Å². The summed E-state index contributed by atoms with van der Waals surface area (Å²) in [6, 6.07) is 3.60. The van der Waals surface area contributed by atoms with Gasteiger partial charge in [-0.15, -0.1) is 5.10 Å². The van der Waals surface area contributed by atoms with Gasteiger partial charge in [-0.2, -0.15) is 4.52 Å². The van der Waals surface area contributed by atoms with Crippen molar-refractivity contribution in [1.82, 2.24) is 19.6 Å². The monoisotopic (exact) mass is 306 g/mol. The van der Waals surface area contributed by atoms with Crippen molar-refractivity contribution in [3.63, 3.8) is 0 Å². The van der Waals surface area contributed by atoms with E-state index in [4.69, 9.17) is 20.8 Å². The molecule has 4 aromatic rings. The van der Waals surface area contributed by atoms with Gasteiger partial charge in [0, 0.05) is 6.20 Å². The Bertz CT molecular complexity index is 926. The highest BCUT2D eigenvalue weighted by atomic mass is 35.5. The minimum Gasteiger partial charge on any atom is -0.472 e. The van der Waals surface area contributed by atoms with Crippen molar-refractivity contribution in [3.8, 4) is 16.6 Å².